The van der Waals surface area contributed by atoms with E-state index in [0.29, 0.717) is 0 Å². The van der Waals surface area contributed by atoms with Crippen molar-refractivity contribution in [1.82, 2.24) is 4.90 Å². The minimum absolute atomic E-state index is 1.01. The molecule has 0 amide bonds. The van der Waals surface area contributed by atoms with Crippen molar-refractivity contribution in [3.05, 3.63) is 20.5 Å². The van der Waals surface area contributed by atoms with Crippen molar-refractivity contribution in [2.45, 2.75) is 6.92 Å². The zero-order valence-electron chi connectivity index (χ0n) is 7.33. The molecule has 1 heterocycles. The molecule has 12 heavy (non-hydrogen) atoms. The molecule has 1 rings (SSSR count). The summed E-state index contributed by atoms with van der Waals surface area (Å²) in [5.41, 5.74) is 1.23. The standard InChI is InChI=1S/C8H11NS3/c1-6-7(4-5-9(2)3)11-12-8(6)10/h4-5H,1-3H3/b5-4+. The summed E-state index contributed by atoms with van der Waals surface area (Å²) in [4.78, 5) is 3.30. The highest BCUT2D eigenvalue weighted by Crippen LogP contribution is 2.24. The van der Waals surface area contributed by atoms with E-state index >= 15 is 0 Å². The van der Waals surface area contributed by atoms with Crippen LogP contribution in [0.25, 0.3) is 6.08 Å². The molecular weight excluding hydrogens is 206 g/mol. The van der Waals surface area contributed by atoms with Crippen LogP contribution in [0, 0.1) is 10.7 Å². The van der Waals surface area contributed by atoms with Crippen molar-refractivity contribution in [1.29, 1.82) is 0 Å². The van der Waals surface area contributed by atoms with Crippen LogP contribution < -0.4 is 0 Å². The summed E-state index contributed by atoms with van der Waals surface area (Å²) < 4.78 is 1.01. The van der Waals surface area contributed by atoms with Crippen LogP contribution in [0.15, 0.2) is 6.20 Å². The van der Waals surface area contributed by atoms with Gasteiger partial charge in [0.15, 0.2) is 0 Å². The molecule has 1 aromatic rings. The van der Waals surface area contributed by atoms with Crippen molar-refractivity contribution >= 4 is 39.0 Å². The Balaban J connectivity index is 2.90. The van der Waals surface area contributed by atoms with Crippen molar-refractivity contribution in [2.24, 2.45) is 0 Å². The van der Waals surface area contributed by atoms with Crippen LogP contribution in [-0.2, 0) is 0 Å². The van der Waals surface area contributed by atoms with E-state index < -0.39 is 0 Å². The first kappa shape index (κ1) is 9.89. The average Bonchev–Trinajstić information content (AvgIpc) is 2.30. The molecule has 0 aliphatic rings. The first-order valence-corrected chi connectivity index (χ1v) is 6.11. The molecule has 0 aliphatic carbocycles. The molecule has 0 fully saturated rings. The first-order chi connectivity index (χ1) is 5.61. The Morgan fingerprint density at radius 3 is 2.42 bits per heavy atom. The molecule has 0 saturated heterocycles. The summed E-state index contributed by atoms with van der Waals surface area (Å²) >= 11 is 5.14. The molecule has 0 N–H and O–H groups in total. The van der Waals surface area contributed by atoms with Gasteiger partial charge in [0.05, 0.1) is 0 Å². The molecular formula is C8H11NS3. The largest absolute Gasteiger partial charge is 0.383 e. The van der Waals surface area contributed by atoms with E-state index in [0.717, 1.165) is 3.82 Å². The monoisotopic (exact) mass is 217 g/mol. The molecule has 1 nitrogen and oxygen atoms in total. The second-order valence-corrected chi connectivity index (χ2v) is 5.57. The van der Waals surface area contributed by atoms with Crippen LogP contribution in [0.3, 0.4) is 0 Å². The van der Waals surface area contributed by atoms with Crippen LogP contribution in [0.1, 0.15) is 10.4 Å². The van der Waals surface area contributed by atoms with E-state index in [-0.39, 0.29) is 0 Å². The Kier molecular flexibility index (Phi) is 3.43. The summed E-state index contributed by atoms with van der Waals surface area (Å²) in [6.45, 7) is 2.07. The molecule has 0 aromatic carbocycles. The Labute approximate surface area is 85.4 Å². The van der Waals surface area contributed by atoms with Crippen LogP contribution in [0.2, 0.25) is 0 Å². The van der Waals surface area contributed by atoms with Gasteiger partial charge in [0, 0.05) is 19.0 Å². The highest BCUT2D eigenvalue weighted by atomic mass is 32.9. The normalized spacial score (nSPS) is 10.9. The number of hydrogen-bond acceptors (Lipinski definition) is 4. The molecule has 0 atom stereocenters. The minimum atomic E-state index is 1.01. The van der Waals surface area contributed by atoms with Gasteiger partial charge in [-0.2, -0.15) is 0 Å². The van der Waals surface area contributed by atoms with Crippen LogP contribution in [0.4, 0.5) is 0 Å². The van der Waals surface area contributed by atoms with Crippen molar-refractivity contribution in [3.63, 3.8) is 0 Å². The summed E-state index contributed by atoms with van der Waals surface area (Å²) in [6.07, 6.45) is 4.15. The summed E-state index contributed by atoms with van der Waals surface area (Å²) in [7, 11) is 7.43. The SMILES string of the molecule is Cc1c(/C=C/N(C)C)ssc1=S. The Morgan fingerprint density at radius 1 is 1.33 bits per heavy atom. The summed E-state index contributed by atoms with van der Waals surface area (Å²) in [5.74, 6) is 0. The number of hydrogen-bond donors (Lipinski definition) is 0. The molecule has 66 valence electrons. The van der Waals surface area contributed by atoms with E-state index in [1.807, 2.05) is 25.2 Å². The average molecular weight is 217 g/mol. The number of rotatable bonds is 2. The molecule has 0 aliphatic heterocycles. The second kappa shape index (κ2) is 4.16. The van der Waals surface area contributed by atoms with Crippen LogP contribution >= 0.6 is 32.9 Å². The van der Waals surface area contributed by atoms with Crippen molar-refractivity contribution in [2.75, 3.05) is 14.1 Å². The van der Waals surface area contributed by atoms with E-state index in [2.05, 4.69) is 13.0 Å². The van der Waals surface area contributed by atoms with Crippen molar-refractivity contribution < 1.29 is 0 Å². The fourth-order valence-corrected chi connectivity index (χ4v) is 3.38. The highest BCUT2D eigenvalue weighted by Gasteiger charge is 1.98. The quantitative estimate of drug-likeness (QED) is 0.552. The van der Waals surface area contributed by atoms with E-state index in [1.165, 1.54) is 10.4 Å². The third-order valence-corrected chi connectivity index (χ3v) is 4.73. The van der Waals surface area contributed by atoms with Gasteiger partial charge < -0.3 is 4.90 Å². The smallest absolute Gasteiger partial charge is 0.105 e. The number of nitrogens with zero attached hydrogens (tertiary/aromatic N) is 1. The Bertz CT molecular complexity index is 332. The molecule has 1 aromatic heterocycles. The fourth-order valence-electron chi connectivity index (χ4n) is 0.678. The van der Waals surface area contributed by atoms with Gasteiger partial charge >= 0.3 is 0 Å². The lowest BCUT2D eigenvalue weighted by atomic mass is 10.3. The van der Waals surface area contributed by atoms with Gasteiger partial charge in [0.1, 0.15) is 3.82 Å². The van der Waals surface area contributed by atoms with Crippen LogP contribution in [0.5, 0.6) is 0 Å². The predicted molar refractivity (Wildman–Crippen MR) is 60.5 cm³/mol. The molecule has 0 bridgehead atoms. The van der Waals surface area contributed by atoms with Gasteiger partial charge in [-0.15, -0.1) is 0 Å². The molecule has 4 heteroatoms. The maximum atomic E-state index is 5.14. The fraction of sp³-hybridized carbons (Fsp3) is 0.375. The van der Waals surface area contributed by atoms with E-state index in [1.54, 1.807) is 20.7 Å². The third-order valence-electron chi connectivity index (χ3n) is 1.41. The maximum Gasteiger partial charge on any atom is 0.105 e. The summed E-state index contributed by atoms with van der Waals surface area (Å²) in [6, 6.07) is 0. The lowest BCUT2D eigenvalue weighted by Gasteiger charge is -2.01. The second-order valence-electron chi connectivity index (χ2n) is 2.72. The minimum Gasteiger partial charge on any atom is -0.383 e. The molecule has 0 unspecified atom stereocenters. The lowest BCUT2D eigenvalue weighted by Crippen LogP contribution is -1.99. The first-order valence-electron chi connectivity index (χ1n) is 3.55. The molecule has 0 spiro atoms. The highest BCUT2D eigenvalue weighted by molar-refractivity contribution is 7.79. The lowest BCUT2D eigenvalue weighted by molar-refractivity contribution is 0.567. The van der Waals surface area contributed by atoms with Gasteiger partial charge in [0.2, 0.25) is 0 Å². The van der Waals surface area contributed by atoms with Gasteiger partial charge in [-0.05, 0) is 24.8 Å². The molecule has 0 saturated carbocycles. The van der Waals surface area contributed by atoms with Gasteiger partial charge in [0.25, 0.3) is 0 Å². The summed E-state index contributed by atoms with van der Waals surface area (Å²) in [5, 5.41) is 0. The Morgan fingerprint density at radius 2 is 2.00 bits per heavy atom. The van der Waals surface area contributed by atoms with E-state index in [9.17, 15) is 0 Å². The van der Waals surface area contributed by atoms with Crippen LogP contribution in [-0.4, -0.2) is 19.0 Å². The Hall–Kier alpha value is -0.190. The zero-order valence-corrected chi connectivity index (χ0v) is 9.78. The predicted octanol–water partition coefficient (Wildman–Crippen LogP) is 3.38. The zero-order chi connectivity index (χ0) is 9.14. The van der Waals surface area contributed by atoms with E-state index in [4.69, 9.17) is 12.2 Å². The van der Waals surface area contributed by atoms with Gasteiger partial charge in [-0.1, -0.05) is 32.9 Å². The van der Waals surface area contributed by atoms with Crippen molar-refractivity contribution in [3.8, 4) is 0 Å². The topological polar surface area (TPSA) is 3.24 Å². The van der Waals surface area contributed by atoms with Gasteiger partial charge in [-0.25, -0.2) is 0 Å². The van der Waals surface area contributed by atoms with Gasteiger partial charge in [-0.3, -0.25) is 0 Å². The molecule has 0 radical (unpaired) electrons. The maximum absolute atomic E-state index is 5.14. The third kappa shape index (κ3) is 2.40.